The Bertz CT molecular complexity index is 3450. The fourth-order valence-corrected chi connectivity index (χ4v) is 15.4. The smallest absolute Gasteiger partial charge is 0.252 e. The minimum absolute atomic E-state index is 0.0200. The van der Waals surface area contributed by atoms with E-state index in [1.165, 1.54) is 113 Å². The quantitative estimate of drug-likeness (QED) is 0.159. The van der Waals surface area contributed by atoms with Gasteiger partial charge in [-0.2, -0.15) is 0 Å². The lowest BCUT2D eigenvalue weighted by atomic mass is 9.33. The standard InChI is InChI=1S/C71H82BN3/c1-44-36-51-53(68(10,11)34-32-66(51,6)7)41-59(44)75-60-42-54-52(67(8,9)33-35-69(54,12)13)40-56(60)72-55-39-49(73(47-24-20-18-21-25-47)48-26-22-19-23-27-48)28-30-58(55)74(61-37-46(65(3,4)5)38-62(75)64(61)72)57-31-29-50-63(45(57)2)71(16,17)43-70(50,14)15/h18-31,36-42H,32-35,43H2,1-17H3. The molecular weight excluding hydrogens is 906 g/mol. The average Bonchev–Trinajstić information content (AvgIpc) is 3.55. The number of anilines is 9. The number of hydrogen-bond acceptors (Lipinski definition) is 3. The fraction of sp³-hybridized carbons (Fsp3) is 0.408. The van der Waals surface area contributed by atoms with E-state index in [-0.39, 0.29) is 44.6 Å². The summed E-state index contributed by atoms with van der Waals surface area (Å²) in [7, 11) is 0. The predicted molar refractivity (Wildman–Crippen MR) is 325 cm³/mol. The van der Waals surface area contributed by atoms with Gasteiger partial charge in [-0.25, -0.2) is 0 Å². The van der Waals surface area contributed by atoms with E-state index >= 15 is 0 Å². The third-order valence-corrected chi connectivity index (χ3v) is 19.6. The maximum absolute atomic E-state index is 2.78. The second kappa shape index (κ2) is 16.3. The molecule has 0 radical (unpaired) electrons. The van der Waals surface area contributed by atoms with E-state index in [9.17, 15) is 0 Å². The fourth-order valence-electron chi connectivity index (χ4n) is 15.4. The Morgan fingerprint density at radius 2 is 0.880 bits per heavy atom. The maximum Gasteiger partial charge on any atom is 0.252 e. The monoisotopic (exact) mass is 988 g/mol. The highest BCUT2D eigenvalue weighted by Gasteiger charge is 2.50. The topological polar surface area (TPSA) is 9.72 Å². The molecule has 0 unspecified atom stereocenters. The Hall–Kier alpha value is -6.00. The molecule has 2 aliphatic heterocycles. The summed E-state index contributed by atoms with van der Waals surface area (Å²) in [4.78, 5) is 7.96. The average molecular weight is 988 g/mol. The van der Waals surface area contributed by atoms with Crippen LogP contribution < -0.4 is 31.1 Å². The SMILES string of the molecule is Cc1cc2c(cc1N1c3cc4c(cc3B3c5cc(N(c6ccccc6)c6ccccc6)ccc5N(c5ccc6c(c5C)C(C)(C)CC6(C)C)c5cc(C(C)(C)C)cc1c53)C(C)(C)CCC4(C)C)C(C)(C)CCC2(C)C. The summed E-state index contributed by atoms with van der Waals surface area (Å²) in [6.45, 7) is 41.8. The highest BCUT2D eigenvalue weighted by atomic mass is 15.2. The lowest BCUT2D eigenvalue weighted by Gasteiger charge is -2.49. The first-order valence-electron chi connectivity index (χ1n) is 28.4. The first kappa shape index (κ1) is 49.9. The van der Waals surface area contributed by atoms with Crippen molar-refractivity contribution in [1.29, 1.82) is 0 Å². The lowest BCUT2D eigenvalue weighted by molar-refractivity contribution is 0.331. The van der Waals surface area contributed by atoms with Crippen molar-refractivity contribution in [3.05, 3.63) is 177 Å². The van der Waals surface area contributed by atoms with Crippen molar-refractivity contribution < 1.29 is 0 Å². The number of aryl methyl sites for hydroxylation is 1. The molecule has 0 atom stereocenters. The number of rotatable bonds is 5. The highest BCUT2D eigenvalue weighted by molar-refractivity contribution is 7.00. The molecule has 7 aromatic rings. The molecule has 0 N–H and O–H groups in total. The minimum Gasteiger partial charge on any atom is -0.311 e. The summed E-state index contributed by atoms with van der Waals surface area (Å²) in [5.74, 6) is 0. The molecular formula is C71H82BN3. The van der Waals surface area contributed by atoms with Crippen LogP contribution in [0.5, 0.6) is 0 Å². The number of nitrogens with zero attached hydrogens (tertiary/aromatic N) is 3. The van der Waals surface area contributed by atoms with Gasteiger partial charge in [-0.1, -0.05) is 158 Å². The molecule has 0 bridgehead atoms. The van der Waals surface area contributed by atoms with E-state index < -0.39 is 0 Å². The first-order chi connectivity index (χ1) is 35.1. The molecule has 5 aliphatic rings. The second-order valence-electron chi connectivity index (χ2n) is 28.8. The molecule has 0 amide bonds. The summed E-state index contributed by atoms with van der Waals surface area (Å²) >= 11 is 0. The van der Waals surface area contributed by atoms with E-state index in [2.05, 4.69) is 260 Å². The normalized spacial score (nSPS) is 19.6. The van der Waals surface area contributed by atoms with Gasteiger partial charge < -0.3 is 14.7 Å². The van der Waals surface area contributed by atoms with Gasteiger partial charge >= 0.3 is 0 Å². The second-order valence-corrected chi connectivity index (χ2v) is 28.8. The van der Waals surface area contributed by atoms with Crippen LogP contribution in [0.2, 0.25) is 0 Å². The van der Waals surface area contributed by atoms with Crippen LogP contribution in [0, 0.1) is 13.8 Å². The summed E-state index contributed by atoms with van der Waals surface area (Å²) < 4.78 is 0. The van der Waals surface area contributed by atoms with Gasteiger partial charge in [-0.15, -0.1) is 0 Å². The van der Waals surface area contributed by atoms with Gasteiger partial charge in [0.15, 0.2) is 0 Å². The van der Waals surface area contributed by atoms with E-state index in [0.29, 0.717) is 0 Å². The number of benzene rings is 7. The zero-order valence-corrected chi connectivity index (χ0v) is 48.6. The van der Waals surface area contributed by atoms with Gasteiger partial charge in [0, 0.05) is 51.2 Å². The molecule has 3 aliphatic carbocycles. The predicted octanol–water partition coefficient (Wildman–Crippen LogP) is 17.8. The van der Waals surface area contributed by atoms with Crippen LogP contribution in [-0.2, 0) is 37.9 Å². The van der Waals surface area contributed by atoms with Gasteiger partial charge in [-0.3, -0.25) is 0 Å². The van der Waals surface area contributed by atoms with Crippen molar-refractivity contribution in [3.8, 4) is 0 Å². The van der Waals surface area contributed by atoms with Crippen molar-refractivity contribution in [2.75, 3.05) is 14.7 Å². The molecule has 0 fully saturated rings. The lowest BCUT2D eigenvalue weighted by Crippen LogP contribution is -2.62. The largest absolute Gasteiger partial charge is 0.311 e. The number of fused-ring (bicyclic) bond motifs is 7. The molecule has 12 rings (SSSR count). The third-order valence-electron chi connectivity index (χ3n) is 19.6. The highest BCUT2D eigenvalue weighted by Crippen LogP contribution is 2.57. The van der Waals surface area contributed by atoms with Crippen molar-refractivity contribution in [1.82, 2.24) is 0 Å². The first-order valence-corrected chi connectivity index (χ1v) is 28.4. The van der Waals surface area contributed by atoms with E-state index in [1.807, 2.05) is 0 Å². The molecule has 75 heavy (non-hydrogen) atoms. The number of hydrogen-bond donors (Lipinski definition) is 0. The van der Waals surface area contributed by atoms with Crippen molar-refractivity contribution in [2.45, 2.75) is 188 Å². The summed E-state index contributed by atoms with van der Waals surface area (Å²) in [6.07, 6.45) is 5.81. The summed E-state index contributed by atoms with van der Waals surface area (Å²) in [5, 5.41) is 0. The Labute approximate surface area is 451 Å². The molecule has 4 heteroatoms. The van der Waals surface area contributed by atoms with Crippen LogP contribution >= 0.6 is 0 Å². The minimum atomic E-state index is -0.133. The van der Waals surface area contributed by atoms with Crippen molar-refractivity contribution in [2.24, 2.45) is 0 Å². The van der Waals surface area contributed by atoms with Crippen LogP contribution in [0.4, 0.5) is 51.2 Å². The van der Waals surface area contributed by atoms with Gasteiger partial charge in [0.25, 0.3) is 6.71 Å². The molecule has 0 spiro atoms. The molecule has 0 aromatic heterocycles. The maximum atomic E-state index is 2.78. The van der Waals surface area contributed by atoms with Crippen molar-refractivity contribution in [3.63, 3.8) is 0 Å². The zero-order chi connectivity index (χ0) is 53.3. The number of para-hydroxylation sites is 2. The van der Waals surface area contributed by atoms with Crippen molar-refractivity contribution >= 4 is 74.3 Å². The van der Waals surface area contributed by atoms with Crippen LogP contribution in [0.3, 0.4) is 0 Å². The Kier molecular flexibility index (Phi) is 10.8. The van der Waals surface area contributed by atoms with Gasteiger partial charge in [-0.05, 0) is 223 Å². The van der Waals surface area contributed by atoms with Gasteiger partial charge in [0.1, 0.15) is 0 Å². The van der Waals surface area contributed by atoms with Gasteiger partial charge in [0.2, 0.25) is 0 Å². The summed E-state index contributed by atoms with van der Waals surface area (Å²) in [5.41, 5.74) is 28.7. The molecule has 0 saturated heterocycles. The molecule has 7 aromatic carbocycles. The Morgan fingerprint density at radius 3 is 1.41 bits per heavy atom. The molecule has 2 heterocycles. The summed E-state index contributed by atoms with van der Waals surface area (Å²) in [6, 6.07) is 50.3. The zero-order valence-electron chi connectivity index (χ0n) is 48.6. The molecule has 0 saturated carbocycles. The Balaban J connectivity index is 1.24. The Morgan fingerprint density at radius 1 is 0.413 bits per heavy atom. The van der Waals surface area contributed by atoms with Crippen LogP contribution in [0.25, 0.3) is 0 Å². The van der Waals surface area contributed by atoms with Crippen LogP contribution in [0.15, 0.2) is 127 Å². The van der Waals surface area contributed by atoms with E-state index in [4.69, 9.17) is 0 Å². The molecule has 384 valence electrons. The third kappa shape index (κ3) is 7.56. The van der Waals surface area contributed by atoms with E-state index in [0.717, 1.165) is 36.3 Å². The van der Waals surface area contributed by atoms with Crippen LogP contribution in [-0.4, -0.2) is 6.71 Å². The van der Waals surface area contributed by atoms with Gasteiger partial charge in [0.05, 0.1) is 0 Å². The van der Waals surface area contributed by atoms with Crippen LogP contribution in [0.1, 0.15) is 186 Å². The van der Waals surface area contributed by atoms with E-state index in [1.54, 1.807) is 0 Å². The molecule has 3 nitrogen and oxygen atoms in total.